The Morgan fingerprint density at radius 1 is 1.21 bits per heavy atom. The zero-order valence-corrected chi connectivity index (χ0v) is 10.3. The standard InChI is InChI=1S/C13H27N/c1-10(9-14-4)7-13-6-5-11(2)12(3)8-13/h10-14H,5-9H2,1-4H3. The molecule has 0 aliphatic heterocycles. The molecular formula is C13H27N. The van der Waals surface area contributed by atoms with Gasteiger partial charge in [0.15, 0.2) is 0 Å². The summed E-state index contributed by atoms with van der Waals surface area (Å²) in [5.74, 6) is 3.77. The van der Waals surface area contributed by atoms with E-state index in [2.05, 4.69) is 33.1 Å². The second kappa shape index (κ2) is 5.75. The number of rotatable bonds is 4. The van der Waals surface area contributed by atoms with E-state index in [0.29, 0.717) is 0 Å². The van der Waals surface area contributed by atoms with Gasteiger partial charge >= 0.3 is 0 Å². The van der Waals surface area contributed by atoms with Crippen LogP contribution in [0.3, 0.4) is 0 Å². The summed E-state index contributed by atoms with van der Waals surface area (Å²) in [7, 11) is 2.06. The van der Waals surface area contributed by atoms with Crippen molar-refractivity contribution in [3.63, 3.8) is 0 Å². The smallest absolute Gasteiger partial charge is 0.00261 e. The van der Waals surface area contributed by atoms with E-state index in [-0.39, 0.29) is 0 Å². The van der Waals surface area contributed by atoms with E-state index in [0.717, 1.165) is 23.7 Å². The Morgan fingerprint density at radius 3 is 2.50 bits per heavy atom. The Hall–Kier alpha value is -0.0400. The highest BCUT2D eigenvalue weighted by Crippen LogP contribution is 2.36. The lowest BCUT2D eigenvalue weighted by Crippen LogP contribution is -2.25. The minimum Gasteiger partial charge on any atom is -0.319 e. The maximum Gasteiger partial charge on any atom is -0.00261 e. The molecule has 84 valence electrons. The molecular weight excluding hydrogens is 170 g/mol. The van der Waals surface area contributed by atoms with Gasteiger partial charge in [-0.1, -0.05) is 33.6 Å². The molecule has 1 saturated carbocycles. The van der Waals surface area contributed by atoms with Crippen molar-refractivity contribution < 1.29 is 0 Å². The molecule has 1 fully saturated rings. The lowest BCUT2D eigenvalue weighted by molar-refractivity contribution is 0.185. The molecule has 0 radical (unpaired) electrons. The van der Waals surface area contributed by atoms with Crippen LogP contribution in [0.25, 0.3) is 0 Å². The molecule has 0 bridgehead atoms. The van der Waals surface area contributed by atoms with Crippen LogP contribution in [0.2, 0.25) is 0 Å². The van der Waals surface area contributed by atoms with E-state index >= 15 is 0 Å². The molecule has 0 saturated heterocycles. The normalized spacial score (nSPS) is 35.6. The molecule has 0 aromatic rings. The van der Waals surface area contributed by atoms with Crippen molar-refractivity contribution in [2.45, 2.75) is 46.5 Å². The highest BCUT2D eigenvalue weighted by atomic mass is 14.8. The van der Waals surface area contributed by atoms with Gasteiger partial charge in [-0.3, -0.25) is 0 Å². The van der Waals surface area contributed by atoms with Crippen LogP contribution in [0, 0.1) is 23.7 Å². The van der Waals surface area contributed by atoms with Crippen molar-refractivity contribution in [2.24, 2.45) is 23.7 Å². The first kappa shape index (κ1) is 12.0. The number of hydrogen-bond donors (Lipinski definition) is 1. The van der Waals surface area contributed by atoms with Gasteiger partial charge in [-0.25, -0.2) is 0 Å². The van der Waals surface area contributed by atoms with Crippen LogP contribution in [0.1, 0.15) is 46.5 Å². The van der Waals surface area contributed by atoms with Crippen molar-refractivity contribution in [1.82, 2.24) is 5.32 Å². The zero-order chi connectivity index (χ0) is 10.6. The number of nitrogens with one attached hydrogen (secondary N) is 1. The summed E-state index contributed by atoms with van der Waals surface area (Å²) in [6.07, 6.45) is 5.82. The fourth-order valence-electron chi connectivity index (χ4n) is 2.87. The summed E-state index contributed by atoms with van der Waals surface area (Å²) in [6.45, 7) is 8.40. The molecule has 1 rings (SSSR count). The predicted molar refractivity (Wildman–Crippen MR) is 63.4 cm³/mol. The molecule has 1 aliphatic carbocycles. The van der Waals surface area contributed by atoms with Gasteiger partial charge in [-0.05, 0) is 50.1 Å². The Morgan fingerprint density at radius 2 is 1.93 bits per heavy atom. The Kier molecular flexibility index (Phi) is 4.94. The van der Waals surface area contributed by atoms with Gasteiger partial charge in [-0.15, -0.1) is 0 Å². The number of hydrogen-bond acceptors (Lipinski definition) is 1. The molecule has 0 spiro atoms. The molecule has 1 N–H and O–H groups in total. The minimum atomic E-state index is 0.852. The topological polar surface area (TPSA) is 12.0 Å². The molecule has 1 aliphatic rings. The highest BCUT2D eigenvalue weighted by molar-refractivity contribution is 4.76. The summed E-state index contributed by atoms with van der Waals surface area (Å²) in [5, 5.41) is 3.28. The van der Waals surface area contributed by atoms with Crippen LogP contribution in [-0.4, -0.2) is 13.6 Å². The third-order valence-corrected chi connectivity index (χ3v) is 4.00. The van der Waals surface area contributed by atoms with Crippen molar-refractivity contribution in [3.05, 3.63) is 0 Å². The average Bonchev–Trinajstić information content (AvgIpc) is 2.12. The van der Waals surface area contributed by atoms with E-state index in [9.17, 15) is 0 Å². The minimum absolute atomic E-state index is 0.852. The van der Waals surface area contributed by atoms with Crippen LogP contribution < -0.4 is 5.32 Å². The van der Waals surface area contributed by atoms with Gasteiger partial charge in [0, 0.05) is 0 Å². The summed E-state index contributed by atoms with van der Waals surface area (Å²) in [4.78, 5) is 0. The lowest BCUT2D eigenvalue weighted by Gasteiger charge is -2.33. The van der Waals surface area contributed by atoms with E-state index in [4.69, 9.17) is 0 Å². The maximum absolute atomic E-state index is 3.28. The third-order valence-electron chi connectivity index (χ3n) is 4.00. The first-order valence-corrected chi connectivity index (χ1v) is 6.28. The van der Waals surface area contributed by atoms with Gasteiger partial charge < -0.3 is 5.32 Å². The zero-order valence-electron chi connectivity index (χ0n) is 10.3. The van der Waals surface area contributed by atoms with Crippen molar-refractivity contribution in [2.75, 3.05) is 13.6 Å². The molecule has 4 unspecified atom stereocenters. The van der Waals surface area contributed by atoms with Crippen molar-refractivity contribution in [3.8, 4) is 0 Å². The Balaban J connectivity index is 2.25. The molecule has 0 aromatic carbocycles. The molecule has 1 heteroatoms. The Labute approximate surface area is 89.7 Å². The summed E-state index contributed by atoms with van der Waals surface area (Å²) in [6, 6.07) is 0. The first-order valence-electron chi connectivity index (χ1n) is 6.28. The molecule has 1 nitrogen and oxygen atoms in total. The van der Waals surface area contributed by atoms with E-state index in [1.807, 2.05) is 0 Å². The fraction of sp³-hybridized carbons (Fsp3) is 1.00. The molecule has 14 heavy (non-hydrogen) atoms. The van der Waals surface area contributed by atoms with E-state index < -0.39 is 0 Å². The molecule has 0 aromatic heterocycles. The van der Waals surface area contributed by atoms with Gasteiger partial charge in [0.2, 0.25) is 0 Å². The van der Waals surface area contributed by atoms with Crippen LogP contribution in [-0.2, 0) is 0 Å². The summed E-state index contributed by atoms with van der Waals surface area (Å²) < 4.78 is 0. The second-order valence-corrected chi connectivity index (χ2v) is 5.53. The lowest BCUT2D eigenvalue weighted by atomic mass is 9.73. The average molecular weight is 197 g/mol. The van der Waals surface area contributed by atoms with Crippen molar-refractivity contribution >= 4 is 0 Å². The second-order valence-electron chi connectivity index (χ2n) is 5.53. The van der Waals surface area contributed by atoms with Crippen LogP contribution in [0.4, 0.5) is 0 Å². The first-order chi connectivity index (χ1) is 6.63. The van der Waals surface area contributed by atoms with E-state index in [1.165, 1.54) is 32.2 Å². The quantitative estimate of drug-likeness (QED) is 0.729. The summed E-state index contributed by atoms with van der Waals surface area (Å²) >= 11 is 0. The monoisotopic (exact) mass is 197 g/mol. The predicted octanol–water partition coefficient (Wildman–Crippen LogP) is 3.30. The fourth-order valence-corrected chi connectivity index (χ4v) is 2.87. The van der Waals surface area contributed by atoms with Crippen LogP contribution in [0.15, 0.2) is 0 Å². The van der Waals surface area contributed by atoms with Crippen molar-refractivity contribution in [1.29, 1.82) is 0 Å². The largest absolute Gasteiger partial charge is 0.319 e. The molecule has 0 amide bonds. The van der Waals surface area contributed by atoms with Gasteiger partial charge in [0.05, 0.1) is 0 Å². The maximum atomic E-state index is 3.28. The summed E-state index contributed by atoms with van der Waals surface area (Å²) in [5.41, 5.74) is 0. The SMILES string of the molecule is CNCC(C)CC1CCC(C)C(C)C1. The van der Waals surface area contributed by atoms with Crippen LogP contribution in [0.5, 0.6) is 0 Å². The van der Waals surface area contributed by atoms with Crippen LogP contribution >= 0.6 is 0 Å². The van der Waals surface area contributed by atoms with E-state index in [1.54, 1.807) is 0 Å². The highest BCUT2D eigenvalue weighted by Gasteiger charge is 2.25. The molecule has 4 atom stereocenters. The molecule has 0 heterocycles. The third kappa shape index (κ3) is 3.61. The van der Waals surface area contributed by atoms with Gasteiger partial charge in [0.1, 0.15) is 0 Å². The van der Waals surface area contributed by atoms with Gasteiger partial charge in [0.25, 0.3) is 0 Å². The Bertz CT molecular complexity index is 155. The van der Waals surface area contributed by atoms with Gasteiger partial charge in [-0.2, -0.15) is 0 Å².